The van der Waals surface area contributed by atoms with Crippen molar-refractivity contribution in [2.45, 2.75) is 6.18 Å². The van der Waals surface area contributed by atoms with E-state index < -0.39 is 18.0 Å². The Morgan fingerprint density at radius 2 is 2.18 bits per heavy atom. The fraction of sp³-hybridized carbons (Fsp3) is 0.222. The first-order chi connectivity index (χ1) is 7.93. The maximum Gasteiger partial charge on any atom is 0.453 e. The molecule has 2 aromatic rings. The third-order valence-electron chi connectivity index (χ3n) is 2.02. The van der Waals surface area contributed by atoms with E-state index in [4.69, 9.17) is 0 Å². The number of aromatic nitrogens is 3. The van der Waals surface area contributed by atoms with Crippen LogP contribution in [0.25, 0.3) is 5.65 Å². The normalized spacial score (nSPS) is 11.8. The molecule has 17 heavy (non-hydrogen) atoms. The van der Waals surface area contributed by atoms with Crippen molar-refractivity contribution in [3.63, 3.8) is 0 Å². The maximum atomic E-state index is 12.4. The van der Waals surface area contributed by atoms with E-state index in [1.807, 2.05) is 0 Å². The van der Waals surface area contributed by atoms with Gasteiger partial charge in [-0.2, -0.15) is 13.2 Å². The molecular formula is C9H6F3N3O2. The zero-order valence-corrected chi connectivity index (χ0v) is 8.52. The number of carbonyl (C=O) groups is 1. The number of nitrogens with zero attached hydrogens (tertiary/aromatic N) is 3. The molecule has 0 aromatic carbocycles. The van der Waals surface area contributed by atoms with Crippen LogP contribution in [0, 0.1) is 0 Å². The minimum absolute atomic E-state index is 0.0713. The summed E-state index contributed by atoms with van der Waals surface area (Å²) in [6.07, 6.45) is -3.39. The molecule has 0 bridgehead atoms. The molecule has 0 N–H and O–H groups in total. The van der Waals surface area contributed by atoms with E-state index in [1.165, 1.54) is 18.3 Å². The Labute approximate surface area is 92.8 Å². The largest absolute Gasteiger partial charge is 0.465 e. The fourth-order valence-corrected chi connectivity index (χ4v) is 1.30. The Bertz CT molecular complexity index is 576. The minimum Gasteiger partial charge on any atom is -0.465 e. The summed E-state index contributed by atoms with van der Waals surface area (Å²) in [5.74, 6) is -2.06. The molecule has 8 heteroatoms. The third kappa shape index (κ3) is 1.93. The molecule has 90 valence electrons. The van der Waals surface area contributed by atoms with Gasteiger partial charge in [0.15, 0.2) is 5.65 Å². The summed E-state index contributed by atoms with van der Waals surface area (Å²) in [6.45, 7) is 0. The molecule has 0 saturated carbocycles. The molecule has 0 fully saturated rings. The van der Waals surface area contributed by atoms with Gasteiger partial charge >= 0.3 is 12.1 Å². The van der Waals surface area contributed by atoms with Crippen LogP contribution in [-0.2, 0) is 10.9 Å². The van der Waals surface area contributed by atoms with Crippen LogP contribution in [0.3, 0.4) is 0 Å². The Kier molecular flexibility index (Phi) is 2.49. The predicted molar refractivity (Wildman–Crippen MR) is 49.3 cm³/mol. The Hall–Kier alpha value is -2.12. The number of hydrogen-bond acceptors (Lipinski definition) is 4. The standard InChI is InChI=1S/C9H6F3N3O2/c1-17-7(16)5-3-2-4-15-6(5)13-8(14-15)9(10,11)12/h2-4H,1H3. The van der Waals surface area contributed by atoms with Crippen molar-refractivity contribution in [3.8, 4) is 0 Å². The second-order valence-electron chi connectivity index (χ2n) is 3.11. The molecular weight excluding hydrogens is 239 g/mol. The van der Waals surface area contributed by atoms with E-state index in [1.54, 1.807) is 0 Å². The molecule has 5 nitrogen and oxygen atoms in total. The van der Waals surface area contributed by atoms with Crippen molar-refractivity contribution in [3.05, 3.63) is 29.7 Å². The smallest absolute Gasteiger partial charge is 0.453 e. The maximum absolute atomic E-state index is 12.4. The first-order valence-electron chi connectivity index (χ1n) is 4.44. The number of halogens is 3. The highest BCUT2D eigenvalue weighted by molar-refractivity contribution is 5.95. The van der Waals surface area contributed by atoms with Crippen LogP contribution < -0.4 is 0 Å². The van der Waals surface area contributed by atoms with Crippen molar-refractivity contribution in [2.75, 3.05) is 7.11 Å². The van der Waals surface area contributed by atoms with Crippen molar-refractivity contribution in [1.82, 2.24) is 14.6 Å². The summed E-state index contributed by atoms with van der Waals surface area (Å²) in [5.41, 5.74) is -0.260. The molecule has 0 spiro atoms. The molecule has 0 radical (unpaired) electrons. The lowest BCUT2D eigenvalue weighted by molar-refractivity contribution is -0.144. The summed E-state index contributed by atoms with van der Waals surface area (Å²) < 4.78 is 42.5. The number of alkyl halides is 3. The van der Waals surface area contributed by atoms with Gasteiger partial charge in [0.05, 0.1) is 7.11 Å². The van der Waals surface area contributed by atoms with Crippen molar-refractivity contribution < 1.29 is 22.7 Å². The molecule has 0 aliphatic rings. The van der Waals surface area contributed by atoms with Gasteiger partial charge in [0.25, 0.3) is 5.82 Å². The SMILES string of the molecule is COC(=O)c1cccn2nc(C(F)(F)F)nc12. The van der Waals surface area contributed by atoms with Crippen LogP contribution in [0.4, 0.5) is 13.2 Å². The zero-order valence-electron chi connectivity index (χ0n) is 8.52. The van der Waals surface area contributed by atoms with Crippen LogP contribution in [-0.4, -0.2) is 27.7 Å². The van der Waals surface area contributed by atoms with Crippen molar-refractivity contribution in [2.24, 2.45) is 0 Å². The molecule has 0 saturated heterocycles. The number of hydrogen-bond donors (Lipinski definition) is 0. The molecule has 2 heterocycles. The third-order valence-corrected chi connectivity index (χ3v) is 2.02. The number of rotatable bonds is 1. The van der Waals surface area contributed by atoms with Gasteiger partial charge in [-0.1, -0.05) is 0 Å². The zero-order chi connectivity index (χ0) is 12.6. The summed E-state index contributed by atoms with van der Waals surface area (Å²) in [5, 5.41) is 3.23. The molecule has 2 rings (SSSR count). The highest BCUT2D eigenvalue weighted by Gasteiger charge is 2.36. The molecule has 0 atom stereocenters. The molecule has 2 aromatic heterocycles. The average molecular weight is 245 g/mol. The van der Waals surface area contributed by atoms with Gasteiger partial charge in [-0.15, -0.1) is 5.10 Å². The second-order valence-corrected chi connectivity index (χ2v) is 3.11. The summed E-state index contributed by atoms with van der Waals surface area (Å²) >= 11 is 0. The highest BCUT2D eigenvalue weighted by atomic mass is 19.4. The van der Waals surface area contributed by atoms with Crippen LogP contribution in [0.1, 0.15) is 16.2 Å². The van der Waals surface area contributed by atoms with Gasteiger partial charge in [0.1, 0.15) is 5.56 Å². The number of ether oxygens (including phenoxy) is 1. The van der Waals surface area contributed by atoms with Crippen molar-refractivity contribution >= 4 is 11.6 Å². The number of pyridine rings is 1. The predicted octanol–water partition coefficient (Wildman–Crippen LogP) is 1.53. The molecule has 0 aliphatic heterocycles. The monoisotopic (exact) mass is 245 g/mol. The van der Waals surface area contributed by atoms with Crippen molar-refractivity contribution in [1.29, 1.82) is 0 Å². The van der Waals surface area contributed by atoms with Gasteiger partial charge < -0.3 is 4.74 Å². The molecule has 0 amide bonds. The Morgan fingerprint density at radius 3 is 2.76 bits per heavy atom. The second kappa shape index (κ2) is 3.72. The highest BCUT2D eigenvalue weighted by Crippen LogP contribution is 2.27. The summed E-state index contributed by atoms with van der Waals surface area (Å²) in [4.78, 5) is 14.6. The lowest BCUT2D eigenvalue weighted by Crippen LogP contribution is -2.07. The Balaban J connectivity index is 2.65. The minimum atomic E-state index is -4.65. The van der Waals surface area contributed by atoms with Gasteiger partial charge in [-0.05, 0) is 12.1 Å². The van der Waals surface area contributed by atoms with Gasteiger partial charge in [0, 0.05) is 6.20 Å². The lowest BCUT2D eigenvalue weighted by Gasteiger charge is -1.99. The Morgan fingerprint density at radius 1 is 1.47 bits per heavy atom. The number of carbonyl (C=O) groups excluding carboxylic acids is 1. The first-order valence-corrected chi connectivity index (χ1v) is 4.44. The van der Waals surface area contributed by atoms with E-state index in [9.17, 15) is 18.0 Å². The quantitative estimate of drug-likeness (QED) is 0.715. The lowest BCUT2D eigenvalue weighted by atomic mass is 10.3. The van der Waals surface area contributed by atoms with E-state index in [0.29, 0.717) is 0 Å². The fourth-order valence-electron chi connectivity index (χ4n) is 1.30. The molecule has 0 aliphatic carbocycles. The van der Waals surface area contributed by atoms with E-state index in [0.717, 1.165) is 11.6 Å². The van der Waals surface area contributed by atoms with Crippen LogP contribution in [0.5, 0.6) is 0 Å². The number of fused-ring (bicyclic) bond motifs is 1. The van der Waals surface area contributed by atoms with Crippen LogP contribution >= 0.6 is 0 Å². The summed E-state index contributed by atoms with van der Waals surface area (Å²) in [6, 6.07) is 2.70. The van der Waals surface area contributed by atoms with E-state index in [2.05, 4.69) is 14.8 Å². The molecule has 0 unspecified atom stereocenters. The first kappa shape index (κ1) is 11.4. The van der Waals surface area contributed by atoms with E-state index >= 15 is 0 Å². The van der Waals surface area contributed by atoms with Gasteiger partial charge in [-0.3, -0.25) is 0 Å². The number of methoxy groups -OCH3 is 1. The number of esters is 1. The van der Waals surface area contributed by atoms with Crippen LogP contribution in [0.15, 0.2) is 18.3 Å². The van der Waals surface area contributed by atoms with Crippen LogP contribution in [0.2, 0.25) is 0 Å². The van der Waals surface area contributed by atoms with E-state index in [-0.39, 0.29) is 11.2 Å². The van der Waals surface area contributed by atoms with Gasteiger partial charge in [-0.25, -0.2) is 14.3 Å². The van der Waals surface area contributed by atoms with Gasteiger partial charge in [0.2, 0.25) is 0 Å². The average Bonchev–Trinajstić information content (AvgIpc) is 2.71. The topological polar surface area (TPSA) is 56.5 Å². The summed E-state index contributed by atoms with van der Waals surface area (Å²) in [7, 11) is 1.13.